The van der Waals surface area contributed by atoms with Crippen molar-refractivity contribution >= 4 is 32.3 Å². The molecule has 0 amide bonds. The van der Waals surface area contributed by atoms with Gasteiger partial charge in [0.15, 0.2) is 0 Å². The van der Waals surface area contributed by atoms with Crippen molar-refractivity contribution in [3.05, 3.63) is 69.8 Å². The van der Waals surface area contributed by atoms with E-state index in [1.807, 2.05) is 0 Å². The number of fused-ring (bicyclic) bond motifs is 6. The van der Waals surface area contributed by atoms with E-state index in [2.05, 4.69) is 149 Å². The first kappa shape index (κ1) is 47.7. The van der Waals surface area contributed by atoms with E-state index in [1.165, 1.54) is 109 Å². The predicted octanol–water partition coefficient (Wildman–Crippen LogP) is 16.7. The monoisotopic (exact) mass is 793 g/mol. The minimum Gasteiger partial charge on any atom is -0.0978 e. The Kier molecular flexibility index (Phi) is 22.6. The third-order valence-corrected chi connectivity index (χ3v) is 11.1. The summed E-state index contributed by atoms with van der Waals surface area (Å²) in [7, 11) is 0. The van der Waals surface area contributed by atoms with E-state index in [9.17, 15) is 0 Å². The van der Waals surface area contributed by atoms with E-state index in [0.717, 1.165) is 110 Å². The zero-order chi connectivity index (χ0) is 42.6. The lowest BCUT2D eigenvalue weighted by molar-refractivity contribution is 0.737. The number of hydrogen-bond acceptors (Lipinski definition) is 0. The second-order valence-corrected chi connectivity index (χ2v) is 16.4. The van der Waals surface area contributed by atoms with Gasteiger partial charge in [0.2, 0.25) is 0 Å². The average Bonchev–Trinajstić information content (AvgIpc) is 3.26. The van der Waals surface area contributed by atoms with Gasteiger partial charge >= 0.3 is 0 Å². The van der Waals surface area contributed by atoms with Gasteiger partial charge in [-0.1, -0.05) is 190 Å². The highest BCUT2D eigenvalue weighted by Gasteiger charge is 2.16. The quantitative estimate of drug-likeness (QED) is 0.0535. The molecule has 0 nitrogen and oxygen atoms in total. The standard InChI is InChI=1S/C60H72/c1-7-13-19-25-31-37-49-43-55-56(44-50(49)38-32-26-20-14-8-2)58-46-52(40-34-28-22-16-10-4)54(42-36-30-24-18-12-6)48-60(58)59-47-53(41-35-29-23-17-11-5)51(45-57(55)59)39-33-27-21-15-9-3/h43-48H,7-30H2,1-6H3. The van der Waals surface area contributed by atoms with Gasteiger partial charge in [-0.05, 0) is 107 Å². The van der Waals surface area contributed by atoms with Crippen molar-refractivity contribution in [1.82, 2.24) is 0 Å². The normalized spacial score (nSPS) is 10.3. The summed E-state index contributed by atoms with van der Waals surface area (Å²) in [5.74, 6) is 42.9. The van der Waals surface area contributed by atoms with Crippen LogP contribution in [0.3, 0.4) is 0 Å². The Bertz CT molecular complexity index is 1910. The largest absolute Gasteiger partial charge is 0.0978 e. The van der Waals surface area contributed by atoms with E-state index in [1.54, 1.807) is 0 Å². The van der Waals surface area contributed by atoms with Crippen LogP contribution in [0.25, 0.3) is 32.3 Å². The van der Waals surface area contributed by atoms with Crippen LogP contribution < -0.4 is 0 Å². The second-order valence-electron chi connectivity index (χ2n) is 16.4. The van der Waals surface area contributed by atoms with Gasteiger partial charge in [0.25, 0.3) is 0 Å². The Morgan fingerprint density at radius 2 is 0.383 bits per heavy atom. The summed E-state index contributed by atoms with van der Waals surface area (Å²) in [6.07, 6.45) is 26.5. The van der Waals surface area contributed by atoms with Crippen molar-refractivity contribution in [3.63, 3.8) is 0 Å². The van der Waals surface area contributed by atoms with Gasteiger partial charge < -0.3 is 0 Å². The number of benzene rings is 4. The van der Waals surface area contributed by atoms with Crippen molar-refractivity contribution in [2.75, 3.05) is 0 Å². The summed E-state index contributed by atoms with van der Waals surface area (Å²) in [4.78, 5) is 0. The van der Waals surface area contributed by atoms with E-state index in [0.29, 0.717) is 0 Å². The SMILES string of the molecule is CCCCCC#Cc1cc2c3cc(C#CCCCCC)c(C#CCCCCC)cc3c3cc(C#CCCCCC)c(C#CCCCCC)cc3c2cc1C#CCCCCC. The van der Waals surface area contributed by atoms with Crippen molar-refractivity contribution in [1.29, 1.82) is 0 Å². The maximum atomic E-state index is 3.61. The zero-order valence-electron chi connectivity index (χ0n) is 38.4. The summed E-state index contributed by atoms with van der Waals surface area (Å²) in [6, 6.07) is 14.0. The first-order chi connectivity index (χ1) is 29.6. The van der Waals surface area contributed by atoms with Crippen LogP contribution in [0.15, 0.2) is 36.4 Å². The third kappa shape index (κ3) is 15.2. The van der Waals surface area contributed by atoms with Gasteiger partial charge in [0, 0.05) is 71.9 Å². The summed E-state index contributed by atoms with van der Waals surface area (Å²) in [6.45, 7) is 13.5. The molecule has 60 heavy (non-hydrogen) atoms. The molecule has 0 unspecified atom stereocenters. The van der Waals surface area contributed by atoms with Crippen molar-refractivity contribution in [3.8, 4) is 71.0 Å². The summed E-state index contributed by atoms with van der Waals surface area (Å²) in [5.41, 5.74) is 6.08. The van der Waals surface area contributed by atoms with Gasteiger partial charge in [-0.2, -0.15) is 0 Å². The molecule has 0 atom stereocenters. The van der Waals surface area contributed by atoms with Crippen LogP contribution in [-0.2, 0) is 0 Å². The summed E-state index contributed by atoms with van der Waals surface area (Å²) < 4.78 is 0. The lowest BCUT2D eigenvalue weighted by atomic mass is 9.87. The van der Waals surface area contributed by atoms with Crippen LogP contribution in [0, 0.1) is 71.0 Å². The fraction of sp³-hybridized carbons (Fsp3) is 0.500. The van der Waals surface area contributed by atoms with Crippen molar-refractivity contribution in [2.24, 2.45) is 0 Å². The molecule has 312 valence electrons. The van der Waals surface area contributed by atoms with Crippen LogP contribution in [0.1, 0.15) is 229 Å². The molecular weight excluding hydrogens is 721 g/mol. The van der Waals surface area contributed by atoms with Gasteiger partial charge in [-0.25, -0.2) is 0 Å². The minimum atomic E-state index is 0.897. The predicted molar refractivity (Wildman–Crippen MR) is 265 cm³/mol. The molecule has 0 aromatic heterocycles. The molecule has 0 aliphatic rings. The molecule has 4 aromatic rings. The van der Waals surface area contributed by atoms with Crippen molar-refractivity contribution < 1.29 is 0 Å². The smallest absolute Gasteiger partial charge is 0.0408 e. The fourth-order valence-electron chi connectivity index (χ4n) is 7.48. The molecule has 0 N–H and O–H groups in total. The van der Waals surface area contributed by atoms with Crippen molar-refractivity contribution in [2.45, 2.75) is 196 Å². The molecule has 4 aromatic carbocycles. The summed E-state index contributed by atoms with van der Waals surface area (Å²) in [5, 5.41) is 7.10. The fourth-order valence-corrected chi connectivity index (χ4v) is 7.48. The number of hydrogen-bond donors (Lipinski definition) is 0. The van der Waals surface area contributed by atoms with Gasteiger partial charge in [-0.3, -0.25) is 0 Å². The first-order valence-electron chi connectivity index (χ1n) is 24.1. The van der Waals surface area contributed by atoms with E-state index < -0.39 is 0 Å². The molecular formula is C60H72. The second kappa shape index (κ2) is 28.5. The minimum absolute atomic E-state index is 0.897. The van der Waals surface area contributed by atoms with Crippen LogP contribution in [0.5, 0.6) is 0 Å². The Balaban J connectivity index is 2.14. The van der Waals surface area contributed by atoms with Crippen LogP contribution in [0.4, 0.5) is 0 Å². The first-order valence-corrected chi connectivity index (χ1v) is 24.1. The van der Waals surface area contributed by atoms with Crippen LogP contribution in [0.2, 0.25) is 0 Å². The molecule has 0 aliphatic heterocycles. The Hall–Kier alpha value is -4.98. The molecule has 4 rings (SSSR count). The molecule has 0 saturated carbocycles. The maximum Gasteiger partial charge on any atom is 0.0408 e. The Morgan fingerprint density at radius 1 is 0.233 bits per heavy atom. The highest BCUT2D eigenvalue weighted by atomic mass is 14.2. The maximum absolute atomic E-state index is 3.61. The van der Waals surface area contributed by atoms with E-state index in [4.69, 9.17) is 0 Å². The lowest BCUT2D eigenvalue weighted by Gasteiger charge is -2.15. The molecule has 0 bridgehead atoms. The highest BCUT2D eigenvalue weighted by molar-refractivity contribution is 6.26. The molecule has 0 spiro atoms. The molecule has 0 fully saturated rings. The van der Waals surface area contributed by atoms with E-state index >= 15 is 0 Å². The topological polar surface area (TPSA) is 0 Å². The highest BCUT2D eigenvalue weighted by Crippen LogP contribution is 2.39. The van der Waals surface area contributed by atoms with Crippen LogP contribution in [-0.4, -0.2) is 0 Å². The third-order valence-electron chi connectivity index (χ3n) is 11.1. The number of unbranched alkanes of at least 4 members (excludes halogenated alkanes) is 18. The Labute approximate surface area is 367 Å². The van der Waals surface area contributed by atoms with Gasteiger partial charge in [0.1, 0.15) is 0 Å². The number of rotatable bonds is 18. The average molecular weight is 793 g/mol. The van der Waals surface area contributed by atoms with Gasteiger partial charge in [-0.15, -0.1) is 0 Å². The van der Waals surface area contributed by atoms with E-state index in [-0.39, 0.29) is 0 Å². The molecule has 0 radical (unpaired) electrons. The lowest BCUT2D eigenvalue weighted by Crippen LogP contribution is -1.94. The van der Waals surface area contributed by atoms with Crippen LogP contribution >= 0.6 is 0 Å². The summed E-state index contributed by atoms with van der Waals surface area (Å²) >= 11 is 0. The molecule has 0 saturated heterocycles. The zero-order valence-corrected chi connectivity index (χ0v) is 38.4. The molecule has 0 heteroatoms. The van der Waals surface area contributed by atoms with Gasteiger partial charge in [0.05, 0.1) is 0 Å². The molecule has 0 aliphatic carbocycles. The Morgan fingerprint density at radius 3 is 0.517 bits per heavy atom. The molecule has 0 heterocycles.